The fraction of sp³-hybridized carbons (Fsp3) is 1.00. The van der Waals surface area contributed by atoms with Gasteiger partial charge in [0.1, 0.15) is 0 Å². The molecule has 3 heteroatoms. The first-order chi connectivity index (χ1) is 8.36. The minimum atomic E-state index is -0.144. The SMILES string of the molecule is CC1CCC(C)N(CCC(C)(CO)NC(C)C)C1. The third kappa shape index (κ3) is 4.87. The Hall–Kier alpha value is -0.120. The quantitative estimate of drug-likeness (QED) is 0.765. The van der Waals surface area contributed by atoms with Gasteiger partial charge < -0.3 is 15.3 Å². The lowest BCUT2D eigenvalue weighted by Gasteiger charge is -2.39. The van der Waals surface area contributed by atoms with Crippen LogP contribution < -0.4 is 5.32 Å². The van der Waals surface area contributed by atoms with Crippen LogP contribution in [0.5, 0.6) is 0 Å². The largest absolute Gasteiger partial charge is 0.394 e. The molecule has 0 aliphatic carbocycles. The molecule has 0 radical (unpaired) electrons. The Morgan fingerprint density at radius 3 is 2.56 bits per heavy atom. The van der Waals surface area contributed by atoms with Gasteiger partial charge in [-0.2, -0.15) is 0 Å². The van der Waals surface area contributed by atoms with Crippen molar-refractivity contribution in [3.63, 3.8) is 0 Å². The van der Waals surface area contributed by atoms with Gasteiger partial charge in [0.15, 0.2) is 0 Å². The molecule has 1 aliphatic heterocycles. The second kappa shape index (κ2) is 6.88. The Morgan fingerprint density at radius 1 is 1.33 bits per heavy atom. The third-order valence-corrected chi connectivity index (χ3v) is 4.18. The van der Waals surface area contributed by atoms with E-state index in [1.54, 1.807) is 0 Å². The van der Waals surface area contributed by atoms with Crippen LogP contribution in [0.15, 0.2) is 0 Å². The molecule has 2 N–H and O–H groups in total. The van der Waals surface area contributed by atoms with E-state index in [9.17, 15) is 5.11 Å². The lowest BCUT2D eigenvalue weighted by Crippen LogP contribution is -2.52. The van der Waals surface area contributed by atoms with Crippen molar-refractivity contribution in [2.24, 2.45) is 5.92 Å². The molecule has 1 fully saturated rings. The van der Waals surface area contributed by atoms with Gasteiger partial charge in [0.2, 0.25) is 0 Å². The summed E-state index contributed by atoms with van der Waals surface area (Å²) in [4.78, 5) is 2.59. The lowest BCUT2D eigenvalue weighted by atomic mass is 9.92. The van der Waals surface area contributed by atoms with Crippen LogP contribution in [-0.2, 0) is 0 Å². The zero-order valence-corrected chi connectivity index (χ0v) is 12.9. The zero-order chi connectivity index (χ0) is 13.8. The molecule has 3 atom stereocenters. The minimum Gasteiger partial charge on any atom is -0.394 e. The molecular formula is C15H32N2O. The summed E-state index contributed by atoms with van der Waals surface area (Å²) >= 11 is 0. The number of rotatable bonds is 6. The highest BCUT2D eigenvalue weighted by molar-refractivity contribution is 4.87. The molecule has 3 unspecified atom stereocenters. The fourth-order valence-electron chi connectivity index (χ4n) is 2.98. The van der Waals surface area contributed by atoms with Crippen molar-refractivity contribution in [3.8, 4) is 0 Å². The van der Waals surface area contributed by atoms with Crippen molar-refractivity contribution in [3.05, 3.63) is 0 Å². The maximum atomic E-state index is 9.60. The molecule has 1 heterocycles. The van der Waals surface area contributed by atoms with E-state index in [4.69, 9.17) is 0 Å². The van der Waals surface area contributed by atoms with Crippen molar-refractivity contribution in [2.45, 2.75) is 71.5 Å². The lowest BCUT2D eigenvalue weighted by molar-refractivity contribution is 0.0917. The van der Waals surface area contributed by atoms with Crippen LogP contribution in [0.4, 0.5) is 0 Å². The van der Waals surface area contributed by atoms with E-state index in [-0.39, 0.29) is 12.1 Å². The minimum absolute atomic E-state index is 0.144. The number of hydrogen-bond donors (Lipinski definition) is 2. The van der Waals surface area contributed by atoms with Crippen molar-refractivity contribution in [1.29, 1.82) is 0 Å². The Kier molecular flexibility index (Phi) is 6.09. The molecule has 0 aromatic heterocycles. The van der Waals surface area contributed by atoms with Gasteiger partial charge in [0, 0.05) is 30.7 Å². The highest BCUT2D eigenvalue weighted by Crippen LogP contribution is 2.22. The second-order valence-electron chi connectivity index (χ2n) is 6.79. The van der Waals surface area contributed by atoms with Crippen LogP contribution in [0.1, 0.15) is 53.9 Å². The van der Waals surface area contributed by atoms with Crippen molar-refractivity contribution < 1.29 is 5.11 Å². The molecule has 0 amide bonds. The fourth-order valence-corrected chi connectivity index (χ4v) is 2.98. The average molecular weight is 256 g/mol. The smallest absolute Gasteiger partial charge is 0.0611 e. The molecule has 1 rings (SSSR count). The molecular weight excluding hydrogens is 224 g/mol. The summed E-state index contributed by atoms with van der Waals surface area (Å²) in [5.74, 6) is 0.819. The van der Waals surface area contributed by atoms with Crippen molar-refractivity contribution in [2.75, 3.05) is 19.7 Å². The Labute approximate surface area is 113 Å². The summed E-state index contributed by atoms with van der Waals surface area (Å²) < 4.78 is 0. The summed E-state index contributed by atoms with van der Waals surface area (Å²) in [5.41, 5.74) is -0.144. The van der Waals surface area contributed by atoms with Crippen molar-refractivity contribution in [1.82, 2.24) is 10.2 Å². The Balaban J connectivity index is 2.46. The number of aliphatic hydroxyl groups is 1. The molecule has 3 nitrogen and oxygen atoms in total. The summed E-state index contributed by atoms with van der Waals surface area (Å²) in [6, 6.07) is 1.11. The van der Waals surface area contributed by atoms with Crippen LogP contribution in [0.2, 0.25) is 0 Å². The van der Waals surface area contributed by atoms with Gasteiger partial charge in [-0.1, -0.05) is 20.8 Å². The van der Waals surface area contributed by atoms with Crippen molar-refractivity contribution >= 4 is 0 Å². The Bertz CT molecular complexity index is 245. The van der Waals surface area contributed by atoms with Crippen LogP contribution in [0, 0.1) is 5.92 Å². The van der Waals surface area contributed by atoms with E-state index >= 15 is 0 Å². The first-order valence-corrected chi connectivity index (χ1v) is 7.49. The second-order valence-corrected chi connectivity index (χ2v) is 6.79. The first kappa shape index (κ1) is 15.9. The maximum absolute atomic E-state index is 9.60. The summed E-state index contributed by atoms with van der Waals surface area (Å²) in [6.45, 7) is 13.6. The standard InChI is InChI=1S/C15H32N2O/c1-12(2)16-15(5,11-18)8-9-17-10-13(3)6-7-14(17)4/h12-14,16,18H,6-11H2,1-5H3. The number of aliphatic hydroxyl groups excluding tert-OH is 1. The normalized spacial score (nSPS) is 29.5. The van der Waals surface area contributed by atoms with Gasteiger partial charge in [-0.3, -0.25) is 0 Å². The van der Waals surface area contributed by atoms with Crippen LogP contribution in [-0.4, -0.2) is 47.3 Å². The first-order valence-electron chi connectivity index (χ1n) is 7.49. The maximum Gasteiger partial charge on any atom is 0.0611 e. The summed E-state index contributed by atoms with van der Waals surface area (Å²) in [5, 5.41) is 13.1. The molecule has 0 saturated carbocycles. The number of nitrogens with zero attached hydrogens (tertiary/aromatic N) is 1. The van der Waals surface area contributed by atoms with Gasteiger partial charge in [-0.15, -0.1) is 0 Å². The Morgan fingerprint density at radius 2 is 2.00 bits per heavy atom. The van der Waals surface area contributed by atoms with E-state index in [2.05, 4.69) is 44.8 Å². The molecule has 1 aliphatic rings. The number of piperidine rings is 1. The monoisotopic (exact) mass is 256 g/mol. The number of nitrogens with one attached hydrogen (secondary N) is 1. The highest BCUT2D eigenvalue weighted by Gasteiger charge is 2.28. The van der Waals surface area contributed by atoms with E-state index in [1.165, 1.54) is 19.4 Å². The predicted octanol–water partition coefficient (Wildman–Crippen LogP) is 2.25. The van der Waals surface area contributed by atoms with Gasteiger partial charge in [0.25, 0.3) is 0 Å². The summed E-state index contributed by atoms with van der Waals surface area (Å²) in [7, 11) is 0. The van der Waals surface area contributed by atoms with E-state index in [0.717, 1.165) is 18.9 Å². The van der Waals surface area contributed by atoms with Gasteiger partial charge in [0.05, 0.1) is 6.61 Å². The molecule has 0 spiro atoms. The molecule has 0 aromatic carbocycles. The third-order valence-electron chi connectivity index (χ3n) is 4.18. The van der Waals surface area contributed by atoms with Gasteiger partial charge >= 0.3 is 0 Å². The highest BCUT2D eigenvalue weighted by atomic mass is 16.3. The molecule has 1 saturated heterocycles. The van der Waals surface area contributed by atoms with Crippen LogP contribution in [0.3, 0.4) is 0 Å². The topological polar surface area (TPSA) is 35.5 Å². The van der Waals surface area contributed by atoms with Crippen LogP contribution in [0.25, 0.3) is 0 Å². The number of likely N-dealkylation sites (tertiary alicyclic amines) is 1. The van der Waals surface area contributed by atoms with Gasteiger partial charge in [-0.25, -0.2) is 0 Å². The van der Waals surface area contributed by atoms with Gasteiger partial charge in [-0.05, 0) is 39.0 Å². The van der Waals surface area contributed by atoms with E-state index < -0.39 is 0 Å². The number of hydrogen-bond acceptors (Lipinski definition) is 3. The van der Waals surface area contributed by atoms with Crippen LogP contribution >= 0.6 is 0 Å². The molecule has 0 aromatic rings. The summed E-state index contributed by atoms with van der Waals surface area (Å²) in [6.07, 6.45) is 3.69. The molecule has 0 bridgehead atoms. The zero-order valence-electron chi connectivity index (χ0n) is 12.9. The van der Waals surface area contributed by atoms with E-state index in [1.807, 2.05) is 0 Å². The molecule has 108 valence electrons. The molecule has 18 heavy (non-hydrogen) atoms. The van der Waals surface area contributed by atoms with E-state index in [0.29, 0.717) is 12.1 Å². The predicted molar refractivity (Wildman–Crippen MR) is 77.8 cm³/mol. The average Bonchev–Trinajstić information content (AvgIpc) is 2.29.